The second-order valence-corrected chi connectivity index (χ2v) is 7.70. The van der Waals surface area contributed by atoms with Gasteiger partial charge < -0.3 is 20.9 Å². The largest absolute Gasteiger partial charge is 0.353 e. The summed E-state index contributed by atoms with van der Waals surface area (Å²) in [5, 5.41) is 9.43. The molecule has 1 unspecified atom stereocenters. The normalized spacial score (nSPS) is 21.6. The first-order valence-electron chi connectivity index (χ1n) is 8.92. The third-order valence-corrected chi connectivity index (χ3v) is 5.73. The summed E-state index contributed by atoms with van der Waals surface area (Å²) in [7, 11) is 0. The standard InChI is InChI=1S/C18H26N4O2S/c23-17(12-16-13-25-11-8-19-16)20-15-6-9-22(10-7-15)18(24)21-14-4-2-1-3-5-14/h1-5,15-16,19H,6-13H2,(H,20,23)(H,21,24). The van der Waals surface area contributed by atoms with E-state index in [1.165, 1.54) is 0 Å². The van der Waals surface area contributed by atoms with Gasteiger partial charge in [-0.2, -0.15) is 11.8 Å². The van der Waals surface area contributed by atoms with Crippen molar-refractivity contribution in [1.29, 1.82) is 0 Å². The first-order valence-corrected chi connectivity index (χ1v) is 10.1. The minimum Gasteiger partial charge on any atom is -0.353 e. The van der Waals surface area contributed by atoms with Crippen LogP contribution in [0, 0.1) is 0 Å². The number of amides is 3. The Morgan fingerprint density at radius 3 is 2.64 bits per heavy atom. The predicted molar refractivity (Wildman–Crippen MR) is 102 cm³/mol. The highest BCUT2D eigenvalue weighted by Crippen LogP contribution is 2.14. The van der Waals surface area contributed by atoms with Crippen LogP contribution in [0.5, 0.6) is 0 Å². The second kappa shape index (κ2) is 9.10. The molecule has 1 aromatic carbocycles. The number of rotatable bonds is 4. The zero-order valence-corrected chi connectivity index (χ0v) is 15.2. The van der Waals surface area contributed by atoms with Crippen LogP contribution in [0.25, 0.3) is 0 Å². The third-order valence-electron chi connectivity index (χ3n) is 4.60. The lowest BCUT2D eigenvalue weighted by Crippen LogP contribution is -2.49. The summed E-state index contributed by atoms with van der Waals surface area (Å²) < 4.78 is 0. The average Bonchev–Trinajstić information content (AvgIpc) is 2.64. The molecule has 1 aromatic rings. The van der Waals surface area contributed by atoms with E-state index in [2.05, 4.69) is 16.0 Å². The van der Waals surface area contributed by atoms with E-state index < -0.39 is 0 Å². The fraction of sp³-hybridized carbons (Fsp3) is 0.556. The van der Waals surface area contributed by atoms with Gasteiger partial charge in [-0.15, -0.1) is 0 Å². The molecule has 1 atom stereocenters. The van der Waals surface area contributed by atoms with E-state index in [0.29, 0.717) is 19.5 Å². The maximum absolute atomic E-state index is 12.3. The van der Waals surface area contributed by atoms with Gasteiger partial charge in [-0.25, -0.2) is 4.79 Å². The van der Waals surface area contributed by atoms with Gasteiger partial charge in [0, 0.05) is 55.3 Å². The van der Waals surface area contributed by atoms with E-state index in [1.807, 2.05) is 47.0 Å². The average molecular weight is 362 g/mol. The lowest BCUT2D eigenvalue weighted by atomic mass is 10.0. The highest BCUT2D eigenvalue weighted by molar-refractivity contribution is 7.99. The summed E-state index contributed by atoms with van der Waals surface area (Å²) in [6.45, 7) is 2.32. The maximum Gasteiger partial charge on any atom is 0.321 e. The summed E-state index contributed by atoms with van der Waals surface area (Å²) in [5.74, 6) is 2.25. The summed E-state index contributed by atoms with van der Waals surface area (Å²) in [4.78, 5) is 26.3. The fourth-order valence-electron chi connectivity index (χ4n) is 3.21. The van der Waals surface area contributed by atoms with Crippen LogP contribution in [0.3, 0.4) is 0 Å². The first kappa shape index (κ1) is 18.1. The van der Waals surface area contributed by atoms with Crippen molar-refractivity contribution in [3.8, 4) is 0 Å². The molecule has 0 saturated carbocycles. The Hall–Kier alpha value is -1.73. The summed E-state index contributed by atoms with van der Waals surface area (Å²) in [6, 6.07) is 9.86. The number of nitrogens with one attached hydrogen (secondary N) is 3. The SMILES string of the molecule is O=C(CC1CSCCN1)NC1CCN(C(=O)Nc2ccccc2)CC1. The molecule has 0 spiro atoms. The van der Waals surface area contributed by atoms with E-state index >= 15 is 0 Å². The summed E-state index contributed by atoms with van der Waals surface area (Å²) in [5.41, 5.74) is 0.806. The number of anilines is 1. The van der Waals surface area contributed by atoms with Crippen molar-refractivity contribution in [1.82, 2.24) is 15.5 Å². The van der Waals surface area contributed by atoms with Crippen LogP contribution >= 0.6 is 11.8 Å². The van der Waals surface area contributed by atoms with Crippen LogP contribution in [-0.2, 0) is 4.79 Å². The summed E-state index contributed by atoms with van der Waals surface area (Å²) >= 11 is 1.90. The second-order valence-electron chi connectivity index (χ2n) is 6.56. The topological polar surface area (TPSA) is 73.5 Å². The van der Waals surface area contributed by atoms with Crippen molar-refractivity contribution < 1.29 is 9.59 Å². The van der Waals surface area contributed by atoms with Crippen LogP contribution in [0.2, 0.25) is 0 Å². The quantitative estimate of drug-likeness (QED) is 0.765. The Kier molecular flexibility index (Phi) is 6.58. The fourth-order valence-corrected chi connectivity index (χ4v) is 4.16. The molecule has 2 fully saturated rings. The molecule has 0 aromatic heterocycles. The minimum absolute atomic E-state index is 0.0700. The smallest absolute Gasteiger partial charge is 0.321 e. The number of carbonyl (C=O) groups is 2. The van der Waals surface area contributed by atoms with E-state index in [4.69, 9.17) is 0 Å². The molecule has 2 aliphatic heterocycles. The lowest BCUT2D eigenvalue weighted by molar-refractivity contribution is -0.122. The van der Waals surface area contributed by atoms with E-state index in [-0.39, 0.29) is 24.0 Å². The lowest BCUT2D eigenvalue weighted by Gasteiger charge is -2.33. The number of para-hydroxylation sites is 1. The van der Waals surface area contributed by atoms with Crippen LogP contribution in [0.15, 0.2) is 30.3 Å². The zero-order chi connectivity index (χ0) is 17.5. The number of benzene rings is 1. The van der Waals surface area contributed by atoms with Gasteiger partial charge in [-0.3, -0.25) is 4.79 Å². The van der Waals surface area contributed by atoms with Crippen molar-refractivity contribution in [3.63, 3.8) is 0 Å². The van der Waals surface area contributed by atoms with E-state index in [0.717, 1.165) is 36.6 Å². The van der Waals surface area contributed by atoms with Gasteiger partial charge in [0.25, 0.3) is 0 Å². The number of hydrogen-bond donors (Lipinski definition) is 3. The Morgan fingerprint density at radius 1 is 1.20 bits per heavy atom. The van der Waals surface area contributed by atoms with Crippen molar-refractivity contribution in [2.75, 3.05) is 36.5 Å². The minimum atomic E-state index is -0.0700. The Labute approximate surface area is 153 Å². The number of nitrogens with zero attached hydrogens (tertiary/aromatic N) is 1. The van der Waals surface area contributed by atoms with Gasteiger partial charge in [0.2, 0.25) is 5.91 Å². The van der Waals surface area contributed by atoms with Crippen molar-refractivity contribution in [2.45, 2.75) is 31.3 Å². The Morgan fingerprint density at radius 2 is 1.96 bits per heavy atom. The molecule has 2 aliphatic rings. The van der Waals surface area contributed by atoms with Gasteiger partial charge in [-0.05, 0) is 25.0 Å². The number of thioether (sulfide) groups is 1. The molecule has 3 N–H and O–H groups in total. The van der Waals surface area contributed by atoms with Crippen LogP contribution in [-0.4, -0.2) is 60.1 Å². The zero-order valence-electron chi connectivity index (χ0n) is 14.4. The maximum atomic E-state index is 12.3. The molecular formula is C18H26N4O2S. The van der Waals surface area contributed by atoms with Gasteiger partial charge in [0.15, 0.2) is 0 Å². The molecule has 6 nitrogen and oxygen atoms in total. The molecular weight excluding hydrogens is 336 g/mol. The molecule has 136 valence electrons. The van der Waals surface area contributed by atoms with Crippen molar-refractivity contribution >= 4 is 29.4 Å². The number of piperidine rings is 1. The Balaban J connectivity index is 1.37. The number of urea groups is 1. The first-order chi connectivity index (χ1) is 12.2. The number of hydrogen-bond acceptors (Lipinski definition) is 4. The third kappa shape index (κ3) is 5.64. The molecule has 2 saturated heterocycles. The predicted octanol–water partition coefficient (Wildman–Crippen LogP) is 1.89. The molecule has 3 rings (SSSR count). The molecule has 3 amide bonds. The molecule has 7 heteroatoms. The van der Waals surface area contributed by atoms with Crippen LogP contribution in [0.4, 0.5) is 10.5 Å². The van der Waals surface area contributed by atoms with Crippen LogP contribution in [0.1, 0.15) is 19.3 Å². The number of carbonyl (C=O) groups excluding carboxylic acids is 2. The van der Waals surface area contributed by atoms with Gasteiger partial charge in [-0.1, -0.05) is 18.2 Å². The molecule has 0 aliphatic carbocycles. The van der Waals surface area contributed by atoms with Crippen molar-refractivity contribution in [2.24, 2.45) is 0 Å². The van der Waals surface area contributed by atoms with E-state index in [1.54, 1.807) is 0 Å². The van der Waals surface area contributed by atoms with Gasteiger partial charge in [0.1, 0.15) is 0 Å². The molecule has 2 heterocycles. The number of likely N-dealkylation sites (tertiary alicyclic amines) is 1. The highest BCUT2D eigenvalue weighted by Gasteiger charge is 2.25. The monoisotopic (exact) mass is 362 g/mol. The molecule has 0 bridgehead atoms. The van der Waals surface area contributed by atoms with Crippen LogP contribution < -0.4 is 16.0 Å². The highest BCUT2D eigenvalue weighted by atomic mass is 32.2. The van der Waals surface area contributed by atoms with E-state index in [9.17, 15) is 9.59 Å². The Bertz CT molecular complexity index is 570. The molecule has 0 radical (unpaired) electrons. The van der Waals surface area contributed by atoms with Gasteiger partial charge >= 0.3 is 6.03 Å². The summed E-state index contributed by atoms with van der Waals surface area (Å²) in [6.07, 6.45) is 2.16. The molecule has 25 heavy (non-hydrogen) atoms. The van der Waals surface area contributed by atoms with Crippen molar-refractivity contribution in [3.05, 3.63) is 30.3 Å². The van der Waals surface area contributed by atoms with Gasteiger partial charge in [0.05, 0.1) is 0 Å².